The number of alkyl carbamates (subject to hydrolysis) is 1. The molecule has 0 saturated heterocycles. The smallest absolute Gasteiger partial charge is 0.408 e. The number of carbonyl (C=O) groups excluding carboxylic acids is 3. The maximum absolute atomic E-state index is 12.3. The lowest BCUT2D eigenvalue weighted by Crippen LogP contribution is -2.47. The van der Waals surface area contributed by atoms with Crippen LogP contribution in [0.1, 0.15) is 38.2 Å². The number of aliphatic hydroxyl groups excluding tert-OH is 1. The Kier molecular flexibility index (Phi) is 12.0. The van der Waals surface area contributed by atoms with Gasteiger partial charge in [0, 0.05) is 25.8 Å². The molecule has 0 aliphatic carbocycles. The molecule has 8 heteroatoms. The number of unbranched alkanes of at least 4 members (excludes halogenated alkanes) is 2. The number of hydrogen-bond acceptors (Lipinski definition) is 6. The molecule has 0 aliphatic rings. The fraction of sp³-hybridized carbons (Fsp3) is 0.526. The number of rotatable bonds is 12. The molecule has 1 unspecified atom stereocenters. The number of ether oxygens (including phenoxy) is 1. The van der Waals surface area contributed by atoms with Gasteiger partial charge in [0.05, 0.1) is 0 Å². The second-order valence-corrected chi connectivity index (χ2v) is 7.23. The van der Waals surface area contributed by atoms with Gasteiger partial charge in [0.2, 0.25) is 5.91 Å². The Morgan fingerprint density at radius 2 is 1.89 bits per heavy atom. The molecule has 150 valence electrons. The third-order valence-corrected chi connectivity index (χ3v) is 4.51. The van der Waals surface area contributed by atoms with Crippen LogP contribution in [0.15, 0.2) is 30.3 Å². The van der Waals surface area contributed by atoms with Crippen molar-refractivity contribution in [2.75, 3.05) is 18.9 Å². The fourth-order valence-corrected chi connectivity index (χ4v) is 2.89. The molecule has 1 atom stereocenters. The van der Waals surface area contributed by atoms with Crippen LogP contribution in [0.2, 0.25) is 0 Å². The van der Waals surface area contributed by atoms with E-state index in [1.165, 1.54) is 6.92 Å². The standard InChI is InChI=1S/C19H28N2O5S/c1-15(23)27-13-10-17(18(24)20-11-6-3-7-12-22)21-19(25)26-14-16-8-4-2-5-9-16/h2,4-5,8-9,17,22H,3,6-7,10-14H2,1H3,(H,20,24)(H,21,25). The van der Waals surface area contributed by atoms with E-state index in [4.69, 9.17) is 9.84 Å². The average Bonchev–Trinajstić information content (AvgIpc) is 2.66. The molecule has 0 fully saturated rings. The summed E-state index contributed by atoms with van der Waals surface area (Å²) in [7, 11) is 0. The Hall–Kier alpha value is -2.06. The lowest BCUT2D eigenvalue weighted by atomic mass is 10.2. The minimum Gasteiger partial charge on any atom is -0.445 e. The van der Waals surface area contributed by atoms with Gasteiger partial charge in [-0.1, -0.05) is 42.1 Å². The zero-order valence-electron chi connectivity index (χ0n) is 15.6. The van der Waals surface area contributed by atoms with Crippen LogP contribution in [-0.4, -0.2) is 47.2 Å². The molecule has 0 bridgehead atoms. The highest BCUT2D eigenvalue weighted by Gasteiger charge is 2.21. The minimum atomic E-state index is -0.766. The van der Waals surface area contributed by atoms with E-state index in [9.17, 15) is 14.4 Å². The lowest BCUT2D eigenvalue weighted by molar-refractivity contribution is -0.123. The van der Waals surface area contributed by atoms with Crippen molar-refractivity contribution in [2.24, 2.45) is 0 Å². The van der Waals surface area contributed by atoms with Crippen molar-refractivity contribution < 1.29 is 24.2 Å². The van der Waals surface area contributed by atoms with Crippen molar-refractivity contribution in [3.8, 4) is 0 Å². The molecule has 2 amide bonds. The fourth-order valence-electron chi connectivity index (χ4n) is 2.24. The molecule has 1 aromatic rings. The third kappa shape index (κ3) is 11.3. The van der Waals surface area contributed by atoms with Gasteiger partial charge in [0.15, 0.2) is 5.12 Å². The molecule has 0 spiro atoms. The van der Waals surface area contributed by atoms with Crippen molar-refractivity contribution in [1.82, 2.24) is 10.6 Å². The maximum Gasteiger partial charge on any atom is 0.408 e. The normalized spacial score (nSPS) is 11.5. The average molecular weight is 397 g/mol. The number of thioether (sulfide) groups is 1. The van der Waals surface area contributed by atoms with Crippen LogP contribution < -0.4 is 10.6 Å². The Morgan fingerprint density at radius 1 is 1.15 bits per heavy atom. The number of benzene rings is 1. The first-order valence-corrected chi connectivity index (χ1v) is 10.0. The molecular weight excluding hydrogens is 368 g/mol. The van der Waals surface area contributed by atoms with E-state index in [1.807, 2.05) is 30.3 Å². The zero-order chi connectivity index (χ0) is 19.9. The first-order chi connectivity index (χ1) is 13.0. The number of carbonyl (C=O) groups is 3. The van der Waals surface area contributed by atoms with E-state index in [0.717, 1.165) is 30.2 Å². The van der Waals surface area contributed by atoms with E-state index in [2.05, 4.69) is 10.6 Å². The van der Waals surface area contributed by atoms with Crippen molar-refractivity contribution in [3.05, 3.63) is 35.9 Å². The molecule has 3 N–H and O–H groups in total. The maximum atomic E-state index is 12.3. The van der Waals surface area contributed by atoms with Crippen LogP contribution >= 0.6 is 11.8 Å². The lowest BCUT2D eigenvalue weighted by Gasteiger charge is -2.18. The molecule has 27 heavy (non-hydrogen) atoms. The van der Waals surface area contributed by atoms with Crippen molar-refractivity contribution >= 4 is 28.9 Å². The van der Waals surface area contributed by atoms with Crippen molar-refractivity contribution in [1.29, 1.82) is 0 Å². The molecule has 0 aromatic heterocycles. The van der Waals surface area contributed by atoms with Gasteiger partial charge >= 0.3 is 6.09 Å². The summed E-state index contributed by atoms with van der Waals surface area (Å²) >= 11 is 1.11. The molecule has 7 nitrogen and oxygen atoms in total. The first-order valence-electron chi connectivity index (χ1n) is 9.02. The monoisotopic (exact) mass is 396 g/mol. The van der Waals surface area contributed by atoms with Crippen molar-refractivity contribution in [2.45, 2.75) is 45.3 Å². The largest absolute Gasteiger partial charge is 0.445 e. The Labute approximate surface area is 164 Å². The van der Waals surface area contributed by atoms with Crippen LogP contribution in [0.5, 0.6) is 0 Å². The first kappa shape index (κ1) is 23.0. The minimum absolute atomic E-state index is 0.0372. The summed E-state index contributed by atoms with van der Waals surface area (Å²) in [6, 6.07) is 8.49. The molecule has 1 rings (SSSR count). The van der Waals surface area contributed by atoms with Gasteiger partial charge in [-0.2, -0.15) is 0 Å². The Balaban J connectivity index is 2.46. The highest BCUT2D eigenvalue weighted by atomic mass is 32.2. The van der Waals surface area contributed by atoms with Gasteiger partial charge in [-0.25, -0.2) is 4.79 Å². The predicted molar refractivity (Wildman–Crippen MR) is 105 cm³/mol. The third-order valence-electron chi connectivity index (χ3n) is 3.67. The molecule has 0 saturated carbocycles. The SMILES string of the molecule is CC(=O)SCCC(NC(=O)OCc1ccccc1)C(=O)NCCCCCO. The highest BCUT2D eigenvalue weighted by molar-refractivity contribution is 8.13. The Morgan fingerprint density at radius 3 is 2.56 bits per heavy atom. The van der Waals surface area contributed by atoms with Gasteiger partial charge in [-0.15, -0.1) is 0 Å². The summed E-state index contributed by atoms with van der Waals surface area (Å²) in [5.74, 6) is 0.122. The Bertz CT molecular complexity index is 583. The van der Waals surface area contributed by atoms with E-state index >= 15 is 0 Å². The van der Waals surface area contributed by atoms with E-state index < -0.39 is 12.1 Å². The van der Waals surface area contributed by atoms with Crippen LogP contribution in [-0.2, 0) is 20.9 Å². The topological polar surface area (TPSA) is 105 Å². The van der Waals surface area contributed by atoms with Crippen LogP contribution in [0.4, 0.5) is 4.79 Å². The van der Waals surface area contributed by atoms with Gasteiger partial charge in [0.25, 0.3) is 0 Å². The van der Waals surface area contributed by atoms with E-state index in [1.54, 1.807) is 0 Å². The van der Waals surface area contributed by atoms with E-state index in [-0.39, 0.29) is 24.2 Å². The predicted octanol–water partition coefficient (Wildman–Crippen LogP) is 2.23. The summed E-state index contributed by atoms with van der Waals surface area (Å²) in [4.78, 5) is 35.4. The summed E-state index contributed by atoms with van der Waals surface area (Å²) < 4.78 is 5.16. The zero-order valence-corrected chi connectivity index (χ0v) is 16.4. The summed E-state index contributed by atoms with van der Waals surface area (Å²) in [6.07, 6.45) is 1.91. The number of amides is 2. The van der Waals surface area contributed by atoms with Crippen molar-refractivity contribution in [3.63, 3.8) is 0 Å². The molecular formula is C19H28N2O5S. The highest BCUT2D eigenvalue weighted by Crippen LogP contribution is 2.07. The number of nitrogens with one attached hydrogen (secondary N) is 2. The van der Waals surface area contributed by atoms with Crippen LogP contribution in [0.3, 0.4) is 0 Å². The van der Waals surface area contributed by atoms with E-state index in [0.29, 0.717) is 25.1 Å². The number of aliphatic hydroxyl groups is 1. The van der Waals surface area contributed by atoms with Gasteiger partial charge in [-0.3, -0.25) is 9.59 Å². The molecule has 0 heterocycles. The second-order valence-electron chi connectivity index (χ2n) is 5.96. The second kappa shape index (κ2) is 14.1. The van der Waals surface area contributed by atoms with Crippen LogP contribution in [0, 0.1) is 0 Å². The van der Waals surface area contributed by atoms with Gasteiger partial charge in [-0.05, 0) is 31.2 Å². The molecule has 0 aliphatic heterocycles. The number of hydrogen-bond donors (Lipinski definition) is 3. The van der Waals surface area contributed by atoms with Gasteiger partial charge in [0.1, 0.15) is 12.6 Å². The molecule has 0 radical (unpaired) electrons. The van der Waals surface area contributed by atoms with Gasteiger partial charge < -0.3 is 20.5 Å². The summed E-state index contributed by atoms with van der Waals surface area (Å²) in [5.41, 5.74) is 0.852. The summed E-state index contributed by atoms with van der Waals surface area (Å²) in [5, 5.41) is 14.1. The quantitative estimate of drug-likeness (QED) is 0.468. The summed E-state index contributed by atoms with van der Waals surface area (Å²) in [6.45, 7) is 2.18. The molecule has 1 aromatic carbocycles. The van der Waals surface area contributed by atoms with Crippen LogP contribution in [0.25, 0.3) is 0 Å².